The predicted octanol–water partition coefficient (Wildman–Crippen LogP) is 2.86. The monoisotopic (exact) mass is 145 g/mol. The maximum absolute atomic E-state index is 5.97. The molecule has 0 aromatic carbocycles. The highest BCUT2D eigenvalue weighted by Crippen LogP contribution is 2.44. The Morgan fingerprint density at radius 3 is 2.22 bits per heavy atom. The van der Waals surface area contributed by atoms with Crippen LogP contribution in [-0.4, -0.2) is 5.38 Å². The summed E-state index contributed by atoms with van der Waals surface area (Å²) in [5.74, 6) is 3.03. The van der Waals surface area contributed by atoms with E-state index in [0.717, 1.165) is 5.92 Å². The molecule has 2 unspecified atom stereocenters. The van der Waals surface area contributed by atoms with Crippen molar-refractivity contribution in [1.29, 1.82) is 0 Å². The third-order valence-electron chi connectivity index (χ3n) is 2.16. The molecule has 1 aliphatic carbocycles. The number of rotatable bonds is 1. The zero-order chi connectivity index (χ0) is 7.02. The first kappa shape index (κ1) is 7.40. The minimum absolute atomic E-state index is 0.389. The third-order valence-corrected chi connectivity index (χ3v) is 2.59. The highest BCUT2D eigenvalue weighted by molar-refractivity contribution is 6.22. The molecule has 0 spiro atoms. The molecule has 53 valence electrons. The van der Waals surface area contributed by atoms with Gasteiger partial charge in [-0.3, -0.25) is 0 Å². The van der Waals surface area contributed by atoms with E-state index in [2.05, 4.69) is 20.8 Å². The van der Waals surface area contributed by atoms with Gasteiger partial charge in [-0.25, -0.2) is 0 Å². The molecule has 2 atom stereocenters. The fourth-order valence-electron chi connectivity index (χ4n) is 1.66. The van der Waals surface area contributed by atoms with E-state index in [1.54, 1.807) is 5.92 Å². The smallest absolute Gasteiger partial charge is 0.0406 e. The molecule has 0 aromatic heterocycles. The molecular formula is C8H14Cl. The Bertz CT molecular complexity index is 84.0. The summed E-state index contributed by atoms with van der Waals surface area (Å²) in [5.41, 5.74) is 0. The highest BCUT2D eigenvalue weighted by Gasteiger charge is 2.38. The molecule has 1 heteroatoms. The Morgan fingerprint density at radius 1 is 1.56 bits per heavy atom. The summed E-state index contributed by atoms with van der Waals surface area (Å²) in [6.07, 6.45) is 1.19. The zero-order valence-electron chi connectivity index (χ0n) is 6.32. The van der Waals surface area contributed by atoms with E-state index in [0.29, 0.717) is 11.3 Å². The molecular weight excluding hydrogens is 132 g/mol. The van der Waals surface area contributed by atoms with Gasteiger partial charge < -0.3 is 0 Å². The summed E-state index contributed by atoms with van der Waals surface area (Å²) in [6.45, 7) is 6.70. The molecule has 0 heterocycles. The van der Waals surface area contributed by atoms with Crippen molar-refractivity contribution in [2.45, 2.75) is 32.6 Å². The average molecular weight is 146 g/mol. The van der Waals surface area contributed by atoms with Gasteiger partial charge in [0.15, 0.2) is 0 Å². The van der Waals surface area contributed by atoms with Gasteiger partial charge in [0, 0.05) is 5.38 Å². The Kier molecular flexibility index (Phi) is 2.05. The van der Waals surface area contributed by atoms with E-state index in [1.165, 1.54) is 6.42 Å². The normalized spacial score (nSPS) is 37.0. The lowest BCUT2D eigenvalue weighted by Crippen LogP contribution is -2.37. The second-order valence-electron chi connectivity index (χ2n) is 3.26. The summed E-state index contributed by atoms with van der Waals surface area (Å²) in [6, 6.07) is 0. The maximum Gasteiger partial charge on any atom is 0.0406 e. The van der Waals surface area contributed by atoms with Gasteiger partial charge in [-0.05, 0) is 24.2 Å². The first-order valence-electron chi connectivity index (χ1n) is 3.63. The number of alkyl halides is 1. The van der Waals surface area contributed by atoms with Crippen molar-refractivity contribution in [3.8, 4) is 0 Å². The average Bonchev–Trinajstić information content (AvgIpc) is 1.62. The Hall–Kier alpha value is 0.290. The molecule has 1 aliphatic rings. The summed E-state index contributed by atoms with van der Waals surface area (Å²) < 4.78 is 0. The van der Waals surface area contributed by atoms with Crippen LogP contribution < -0.4 is 0 Å². The summed E-state index contributed by atoms with van der Waals surface area (Å²) in [7, 11) is 0. The Balaban J connectivity index is 2.39. The van der Waals surface area contributed by atoms with Crippen LogP contribution in [0, 0.1) is 17.8 Å². The number of hydrogen-bond acceptors (Lipinski definition) is 0. The van der Waals surface area contributed by atoms with Crippen LogP contribution in [-0.2, 0) is 0 Å². The van der Waals surface area contributed by atoms with Crippen molar-refractivity contribution in [1.82, 2.24) is 0 Å². The van der Waals surface area contributed by atoms with Crippen LogP contribution in [0.25, 0.3) is 0 Å². The van der Waals surface area contributed by atoms with E-state index in [1.807, 2.05) is 0 Å². The van der Waals surface area contributed by atoms with Crippen LogP contribution in [0.15, 0.2) is 0 Å². The summed E-state index contributed by atoms with van der Waals surface area (Å²) >= 11 is 5.97. The molecule has 0 amide bonds. The van der Waals surface area contributed by atoms with Crippen LogP contribution in [0.2, 0.25) is 0 Å². The topological polar surface area (TPSA) is 0 Å². The van der Waals surface area contributed by atoms with Crippen molar-refractivity contribution in [2.24, 2.45) is 11.8 Å². The second kappa shape index (κ2) is 2.49. The minimum atomic E-state index is 0.389. The third kappa shape index (κ3) is 1.24. The van der Waals surface area contributed by atoms with Crippen molar-refractivity contribution < 1.29 is 0 Å². The molecule has 1 radical (unpaired) electrons. The Morgan fingerprint density at radius 2 is 2.11 bits per heavy atom. The van der Waals surface area contributed by atoms with Gasteiger partial charge in [0.05, 0.1) is 0 Å². The van der Waals surface area contributed by atoms with Gasteiger partial charge in [0.25, 0.3) is 0 Å². The molecule has 0 saturated heterocycles. The zero-order valence-corrected chi connectivity index (χ0v) is 7.07. The van der Waals surface area contributed by atoms with Crippen molar-refractivity contribution in [3.05, 3.63) is 5.92 Å². The molecule has 9 heavy (non-hydrogen) atoms. The lowest BCUT2D eigenvalue weighted by Gasteiger charge is -2.41. The van der Waals surface area contributed by atoms with Gasteiger partial charge in [-0.2, -0.15) is 0 Å². The van der Waals surface area contributed by atoms with Crippen LogP contribution in [0.1, 0.15) is 27.2 Å². The Labute approximate surface area is 62.6 Å². The van der Waals surface area contributed by atoms with Crippen molar-refractivity contribution in [2.75, 3.05) is 0 Å². The predicted molar refractivity (Wildman–Crippen MR) is 41.5 cm³/mol. The quantitative estimate of drug-likeness (QED) is 0.498. The fourth-order valence-corrected chi connectivity index (χ4v) is 2.40. The van der Waals surface area contributed by atoms with Gasteiger partial charge in [-0.15, -0.1) is 11.6 Å². The van der Waals surface area contributed by atoms with E-state index in [-0.39, 0.29) is 0 Å². The van der Waals surface area contributed by atoms with Crippen molar-refractivity contribution in [3.63, 3.8) is 0 Å². The standard InChI is InChI=1S/C8H14Cl/c1-5(2)8-6(3)4-7(8)9/h5-7H,4H2,1-3H3. The van der Waals surface area contributed by atoms with Crippen LogP contribution in [0.3, 0.4) is 0 Å². The summed E-state index contributed by atoms with van der Waals surface area (Å²) in [5, 5.41) is 0.389. The molecule has 1 rings (SSSR count). The molecule has 0 bridgehead atoms. The lowest BCUT2D eigenvalue weighted by atomic mass is 9.69. The van der Waals surface area contributed by atoms with Crippen molar-refractivity contribution >= 4 is 11.6 Å². The van der Waals surface area contributed by atoms with E-state index in [4.69, 9.17) is 11.6 Å². The van der Waals surface area contributed by atoms with Crippen LogP contribution >= 0.6 is 11.6 Å². The molecule has 0 nitrogen and oxygen atoms in total. The van der Waals surface area contributed by atoms with Gasteiger partial charge >= 0.3 is 0 Å². The van der Waals surface area contributed by atoms with Gasteiger partial charge in [-0.1, -0.05) is 20.8 Å². The molecule has 0 aliphatic heterocycles. The number of hydrogen-bond donors (Lipinski definition) is 0. The number of halogens is 1. The maximum atomic E-state index is 5.97. The van der Waals surface area contributed by atoms with E-state index >= 15 is 0 Å². The molecule has 1 fully saturated rings. The van der Waals surface area contributed by atoms with Crippen LogP contribution in [0.5, 0.6) is 0 Å². The van der Waals surface area contributed by atoms with E-state index < -0.39 is 0 Å². The summed E-state index contributed by atoms with van der Waals surface area (Å²) in [4.78, 5) is 0. The molecule has 0 aromatic rings. The lowest BCUT2D eigenvalue weighted by molar-refractivity contribution is 0.332. The first-order chi connectivity index (χ1) is 4.13. The SMILES string of the molecule is CC(C)[C]1C(C)CC1Cl. The minimum Gasteiger partial charge on any atom is -0.122 e. The van der Waals surface area contributed by atoms with Gasteiger partial charge in [0.1, 0.15) is 0 Å². The van der Waals surface area contributed by atoms with E-state index in [9.17, 15) is 0 Å². The fraction of sp³-hybridized carbons (Fsp3) is 0.875. The molecule has 0 N–H and O–H groups in total. The second-order valence-corrected chi connectivity index (χ2v) is 3.79. The van der Waals surface area contributed by atoms with Gasteiger partial charge in [0.2, 0.25) is 0 Å². The molecule has 1 saturated carbocycles. The largest absolute Gasteiger partial charge is 0.122 e. The van der Waals surface area contributed by atoms with Crippen LogP contribution in [0.4, 0.5) is 0 Å². The first-order valence-corrected chi connectivity index (χ1v) is 4.07. The highest BCUT2D eigenvalue weighted by atomic mass is 35.5.